The van der Waals surface area contributed by atoms with Crippen LogP contribution in [0.25, 0.3) is 10.8 Å². The van der Waals surface area contributed by atoms with Gasteiger partial charge in [0.2, 0.25) is 5.91 Å². The minimum atomic E-state index is -0.620. The molecule has 3 N–H and O–H groups in total. The number of carbonyl (C=O) groups excluding carboxylic acids is 2. The van der Waals surface area contributed by atoms with Gasteiger partial charge in [-0.05, 0) is 38.2 Å². The molecule has 2 heterocycles. The molecule has 29 heavy (non-hydrogen) atoms. The maximum atomic E-state index is 12.4. The molecule has 0 aliphatic rings. The van der Waals surface area contributed by atoms with E-state index in [4.69, 9.17) is 0 Å². The molecule has 0 spiro atoms. The van der Waals surface area contributed by atoms with E-state index in [1.807, 2.05) is 20.1 Å². The molecular weight excluding hydrogens is 392 g/mol. The third kappa shape index (κ3) is 4.60. The lowest BCUT2D eigenvalue weighted by atomic mass is 10.1. The van der Waals surface area contributed by atoms with Crippen molar-refractivity contribution < 1.29 is 9.59 Å². The van der Waals surface area contributed by atoms with E-state index in [1.54, 1.807) is 24.3 Å². The van der Waals surface area contributed by atoms with E-state index in [2.05, 4.69) is 31.0 Å². The molecule has 0 bridgehead atoms. The second-order valence-electron chi connectivity index (χ2n) is 6.31. The van der Waals surface area contributed by atoms with Crippen molar-refractivity contribution in [3.63, 3.8) is 0 Å². The molecule has 0 aliphatic carbocycles. The summed E-state index contributed by atoms with van der Waals surface area (Å²) in [6, 6.07) is 6.62. The van der Waals surface area contributed by atoms with Crippen LogP contribution < -0.4 is 16.4 Å². The summed E-state index contributed by atoms with van der Waals surface area (Å²) in [4.78, 5) is 45.2. The van der Waals surface area contributed by atoms with Crippen molar-refractivity contribution in [2.45, 2.75) is 31.8 Å². The maximum absolute atomic E-state index is 12.4. The van der Waals surface area contributed by atoms with Crippen molar-refractivity contribution in [1.82, 2.24) is 31.0 Å². The summed E-state index contributed by atoms with van der Waals surface area (Å²) in [5.74, 6) is -0.981. The van der Waals surface area contributed by atoms with Crippen LogP contribution in [0.5, 0.6) is 0 Å². The predicted molar refractivity (Wildman–Crippen MR) is 110 cm³/mol. The fourth-order valence-electron chi connectivity index (χ4n) is 2.94. The van der Waals surface area contributed by atoms with Gasteiger partial charge in [0.1, 0.15) is 0 Å². The van der Waals surface area contributed by atoms with Crippen molar-refractivity contribution in [2.75, 3.05) is 6.26 Å². The van der Waals surface area contributed by atoms with Gasteiger partial charge in [0.15, 0.2) is 10.9 Å². The summed E-state index contributed by atoms with van der Waals surface area (Å²) in [6.07, 6.45) is 2.52. The Labute approximate surface area is 170 Å². The Bertz CT molecular complexity index is 1120. The van der Waals surface area contributed by atoms with Gasteiger partial charge in [-0.3, -0.25) is 25.2 Å². The highest BCUT2D eigenvalue weighted by Crippen LogP contribution is 2.17. The monoisotopic (exact) mass is 412 g/mol. The first kappa shape index (κ1) is 20.5. The summed E-state index contributed by atoms with van der Waals surface area (Å²) in [6.45, 7) is 3.77. The van der Waals surface area contributed by atoms with Crippen LogP contribution in [-0.2, 0) is 11.2 Å². The van der Waals surface area contributed by atoms with Crippen LogP contribution in [0.1, 0.15) is 33.9 Å². The van der Waals surface area contributed by atoms with Crippen molar-refractivity contribution in [3.8, 4) is 0 Å². The quantitative estimate of drug-likeness (QED) is 0.328. The molecule has 0 saturated heterocycles. The zero-order valence-corrected chi connectivity index (χ0v) is 17.0. The number of hydrazine groups is 1. The van der Waals surface area contributed by atoms with Gasteiger partial charge in [0.05, 0.1) is 5.39 Å². The molecule has 10 heteroatoms. The molecule has 0 fully saturated rings. The number of amides is 2. The van der Waals surface area contributed by atoms with Crippen LogP contribution in [0.3, 0.4) is 0 Å². The minimum Gasteiger partial charge on any atom is -0.273 e. The number of aromatic nitrogens is 4. The zero-order chi connectivity index (χ0) is 21.0. The number of nitrogens with zero attached hydrogens (tertiary/aromatic N) is 3. The smallest absolute Gasteiger partial charge is 0.273 e. The zero-order valence-electron chi connectivity index (χ0n) is 16.2. The fourth-order valence-corrected chi connectivity index (χ4v) is 3.39. The first-order valence-electron chi connectivity index (χ1n) is 8.85. The van der Waals surface area contributed by atoms with E-state index in [1.165, 1.54) is 11.8 Å². The number of aromatic amines is 1. The van der Waals surface area contributed by atoms with Gasteiger partial charge in [-0.15, -0.1) is 0 Å². The highest BCUT2D eigenvalue weighted by atomic mass is 32.2. The fraction of sp³-hybridized carbons (Fsp3) is 0.263. The Morgan fingerprint density at radius 2 is 1.72 bits per heavy atom. The number of hydrogen-bond acceptors (Lipinski definition) is 7. The van der Waals surface area contributed by atoms with Crippen LogP contribution in [0.4, 0.5) is 0 Å². The molecule has 0 unspecified atom stereocenters. The number of thioether (sulfide) groups is 1. The SMILES string of the molecule is CSc1nc(C)c(CCC(=O)NNC(=O)c2n[nH]c(=O)c3ccccc23)c(C)n1. The van der Waals surface area contributed by atoms with E-state index in [0.717, 1.165) is 17.0 Å². The van der Waals surface area contributed by atoms with E-state index in [9.17, 15) is 14.4 Å². The largest absolute Gasteiger partial charge is 0.290 e. The van der Waals surface area contributed by atoms with E-state index in [0.29, 0.717) is 22.3 Å². The molecule has 1 aromatic carbocycles. The number of hydrogen-bond donors (Lipinski definition) is 3. The third-order valence-corrected chi connectivity index (χ3v) is 4.96. The Hall–Kier alpha value is -3.27. The Balaban J connectivity index is 1.63. The second kappa shape index (κ2) is 8.82. The topological polar surface area (TPSA) is 130 Å². The number of carbonyl (C=O) groups is 2. The standard InChI is InChI=1S/C19H20N6O3S/c1-10-12(11(2)21-19(20-10)29-3)8-9-15(26)22-25-18(28)16-13-6-4-5-7-14(13)17(27)24-23-16/h4-7H,8-9H2,1-3H3,(H,22,26)(H,24,27)(H,25,28). The second-order valence-corrected chi connectivity index (χ2v) is 7.08. The lowest BCUT2D eigenvalue weighted by Crippen LogP contribution is -2.42. The normalized spacial score (nSPS) is 10.7. The molecular formula is C19H20N6O3S. The molecule has 9 nitrogen and oxygen atoms in total. The summed E-state index contributed by atoms with van der Waals surface area (Å²) < 4.78 is 0. The van der Waals surface area contributed by atoms with Crippen molar-refractivity contribution in [1.29, 1.82) is 0 Å². The summed E-state index contributed by atoms with van der Waals surface area (Å²) in [5, 5.41) is 7.53. The van der Waals surface area contributed by atoms with Crippen LogP contribution in [0.2, 0.25) is 0 Å². The highest BCUT2D eigenvalue weighted by molar-refractivity contribution is 7.98. The van der Waals surface area contributed by atoms with Crippen LogP contribution in [-0.4, -0.2) is 38.2 Å². The Kier molecular flexibility index (Phi) is 6.23. The van der Waals surface area contributed by atoms with Crippen molar-refractivity contribution in [3.05, 3.63) is 57.3 Å². The molecule has 3 rings (SSSR count). The third-order valence-electron chi connectivity index (χ3n) is 4.41. The molecule has 0 radical (unpaired) electrons. The Morgan fingerprint density at radius 3 is 2.38 bits per heavy atom. The molecule has 0 atom stereocenters. The highest BCUT2D eigenvalue weighted by Gasteiger charge is 2.15. The van der Waals surface area contributed by atoms with E-state index in [-0.39, 0.29) is 23.6 Å². The van der Waals surface area contributed by atoms with Gasteiger partial charge in [-0.2, -0.15) is 5.10 Å². The van der Waals surface area contributed by atoms with Gasteiger partial charge >= 0.3 is 0 Å². The van der Waals surface area contributed by atoms with Crippen molar-refractivity contribution in [2.24, 2.45) is 0 Å². The van der Waals surface area contributed by atoms with E-state index >= 15 is 0 Å². The molecule has 3 aromatic rings. The average molecular weight is 412 g/mol. The summed E-state index contributed by atoms with van der Waals surface area (Å²) >= 11 is 1.46. The number of fused-ring (bicyclic) bond motifs is 1. The summed E-state index contributed by atoms with van der Waals surface area (Å²) in [5.41, 5.74) is 6.93. The van der Waals surface area contributed by atoms with Crippen LogP contribution in [0, 0.1) is 13.8 Å². The molecule has 2 aromatic heterocycles. The van der Waals surface area contributed by atoms with Gasteiger partial charge in [-0.1, -0.05) is 30.0 Å². The van der Waals surface area contributed by atoms with E-state index < -0.39 is 5.91 Å². The number of H-pyrrole nitrogens is 1. The number of nitrogens with one attached hydrogen (secondary N) is 3. The van der Waals surface area contributed by atoms with Gasteiger partial charge in [0.25, 0.3) is 11.5 Å². The minimum absolute atomic E-state index is 0.0215. The maximum Gasteiger partial charge on any atom is 0.290 e. The lowest BCUT2D eigenvalue weighted by Gasteiger charge is -2.11. The van der Waals surface area contributed by atoms with Gasteiger partial charge in [-0.25, -0.2) is 15.1 Å². The van der Waals surface area contributed by atoms with Gasteiger partial charge in [0, 0.05) is 23.2 Å². The number of benzene rings is 1. The Morgan fingerprint density at radius 1 is 1.07 bits per heavy atom. The summed E-state index contributed by atoms with van der Waals surface area (Å²) in [7, 11) is 0. The molecule has 2 amide bonds. The van der Waals surface area contributed by atoms with Crippen LogP contribution >= 0.6 is 11.8 Å². The lowest BCUT2D eigenvalue weighted by molar-refractivity contribution is -0.121. The number of rotatable bonds is 5. The first-order valence-corrected chi connectivity index (χ1v) is 10.1. The molecule has 150 valence electrons. The number of aryl methyl sites for hydroxylation is 2. The molecule has 0 saturated carbocycles. The van der Waals surface area contributed by atoms with Crippen molar-refractivity contribution >= 4 is 34.3 Å². The predicted octanol–water partition coefficient (Wildman–Crippen LogP) is 1.45. The molecule has 0 aliphatic heterocycles. The van der Waals surface area contributed by atoms with Gasteiger partial charge < -0.3 is 0 Å². The average Bonchev–Trinajstić information content (AvgIpc) is 2.71. The van der Waals surface area contributed by atoms with Crippen LogP contribution in [0.15, 0.2) is 34.2 Å². The first-order chi connectivity index (χ1) is 13.9.